The number of carbonyl (C=O) groups is 1. The van der Waals surface area contributed by atoms with Crippen LogP contribution in [0.15, 0.2) is 18.2 Å². The van der Waals surface area contributed by atoms with Crippen LogP contribution in [0.2, 0.25) is 0 Å². The van der Waals surface area contributed by atoms with E-state index in [2.05, 4.69) is 6.92 Å². The van der Waals surface area contributed by atoms with E-state index in [0.29, 0.717) is 14.4 Å². The highest BCUT2D eigenvalue weighted by molar-refractivity contribution is 14.1. The first kappa shape index (κ1) is 17.5. The summed E-state index contributed by atoms with van der Waals surface area (Å²) in [4.78, 5) is 25.0. The Kier molecular flexibility index (Phi) is 6.08. The molecule has 0 N–H and O–H groups in total. The Labute approximate surface area is 148 Å². The zero-order chi connectivity index (χ0) is 16.3. The normalized spacial score (nSPS) is 20.9. The van der Waals surface area contributed by atoms with Crippen molar-refractivity contribution in [3.05, 3.63) is 37.4 Å². The SMILES string of the molecule is CCSC1CCC(N(C)C(=O)c2cccc([N+](=O)[O-])c2I)C1. The van der Waals surface area contributed by atoms with Gasteiger partial charge in [0.25, 0.3) is 11.6 Å². The number of nitro groups is 1. The van der Waals surface area contributed by atoms with Gasteiger partial charge in [0.2, 0.25) is 0 Å². The molecule has 1 aromatic rings. The van der Waals surface area contributed by atoms with Gasteiger partial charge in [-0.1, -0.05) is 13.0 Å². The van der Waals surface area contributed by atoms with Gasteiger partial charge in [0.1, 0.15) is 3.57 Å². The van der Waals surface area contributed by atoms with Gasteiger partial charge in [-0.3, -0.25) is 14.9 Å². The van der Waals surface area contributed by atoms with Crippen LogP contribution in [0.1, 0.15) is 36.5 Å². The number of carbonyl (C=O) groups excluding carboxylic acids is 1. The second kappa shape index (κ2) is 7.63. The summed E-state index contributed by atoms with van der Waals surface area (Å²) in [6, 6.07) is 4.90. The number of nitro benzene ring substituents is 1. The van der Waals surface area contributed by atoms with E-state index in [9.17, 15) is 14.9 Å². The minimum atomic E-state index is -0.442. The van der Waals surface area contributed by atoms with Crippen molar-refractivity contribution >= 4 is 45.9 Å². The summed E-state index contributed by atoms with van der Waals surface area (Å²) in [6.07, 6.45) is 3.14. The van der Waals surface area contributed by atoms with Crippen molar-refractivity contribution in [3.63, 3.8) is 0 Å². The molecule has 22 heavy (non-hydrogen) atoms. The molecule has 1 aromatic carbocycles. The van der Waals surface area contributed by atoms with E-state index < -0.39 is 4.92 Å². The summed E-state index contributed by atoms with van der Waals surface area (Å²) in [7, 11) is 1.81. The first-order valence-corrected chi connectivity index (χ1v) is 9.40. The molecule has 2 rings (SSSR count). The van der Waals surface area contributed by atoms with Crippen molar-refractivity contribution in [3.8, 4) is 0 Å². The van der Waals surface area contributed by atoms with E-state index in [1.807, 2.05) is 34.4 Å². The lowest BCUT2D eigenvalue weighted by molar-refractivity contribution is -0.385. The highest BCUT2D eigenvalue weighted by atomic mass is 127. The Morgan fingerprint density at radius 3 is 2.86 bits per heavy atom. The molecule has 5 nitrogen and oxygen atoms in total. The Hall–Kier alpha value is -0.830. The number of amides is 1. The van der Waals surface area contributed by atoms with Gasteiger partial charge in [0.15, 0.2) is 0 Å². The fourth-order valence-electron chi connectivity index (χ4n) is 2.84. The summed E-state index contributed by atoms with van der Waals surface area (Å²) in [5.41, 5.74) is 0.412. The third-order valence-electron chi connectivity index (χ3n) is 4.03. The number of hydrogen-bond donors (Lipinski definition) is 0. The number of benzene rings is 1. The quantitative estimate of drug-likeness (QED) is 0.400. The van der Waals surface area contributed by atoms with Crippen LogP contribution in [0.25, 0.3) is 0 Å². The average Bonchev–Trinajstić information content (AvgIpc) is 2.94. The van der Waals surface area contributed by atoms with Crippen LogP contribution >= 0.6 is 34.4 Å². The van der Waals surface area contributed by atoms with Crippen LogP contribution in [0.5, 0.6) is 0 Å². The molecule has 0 bridgehead atoms. The van der Waals surface area contributed by atoms with Gasteiger partial charge in [-0.25, -0.2) is 0 Å². The lowest BCUT2D eigenvalue weighted by atomic mass is 10.1. The Morgan fingerprint density at radius 2 is 2.23 bits per heavy atom. The van der Waals surface area contributed by atoms with E-state index in [0.717, 1.165) is 25.0 Å². The highest BCUT2D eigenvalue weighted by Gasteiger charge is 2.31. The molecule has 0 aromatic heterocycles. The third kappa shape index (κ3) is 3.73. The fourth-order valence-corrected chi connectivity index (χ4v) is 4.76. The number of thioether (sulfide) groups is 1. The zero-order valence-electron chi connectivity index (χ0n) is 12.6. The smallest absolute Gasteiger partial charge is 0.283 e. The molecule has 1 aliphatic carbocycles. The molecule has 1 saturated carbocycles. The number of nitrogens with zero attached hydrogens (tertiary/aromatic N) is 2. The summed E-state index contributed by atoms with van der Waals surface area (Å²) >= 11 is 3.84. The molecule has 2 unspecified atom stereocenters. The molecule has 7 heteroatoms. The van der Waals surface area contributed by atoms with Crippen LogP contribution in [0, 0.1) is 13.7 Å². The van der Waals surface area contributed by atoms with Crippen molar-refractivity contribution in [1.29, 1.82) is 0 Å². The molecule has 0 aliphatic heterocycles. The topological polar surface area (TPSA) is 63.5 Å². The predicted octanol–water partition coefficient (Wildman–Crippen LogP) is 3.95. The monoisotopic (exact) mass is 434 g/mol. The van der Waals surface area contributed by atoms with Gasteiger partial charge in [-0.05, 0) is 53.7 Å². The maximum Gasteiger partial charge on any atom is 0.283 e. The second-order valence-electron chi connectivity index (χ2n) is 5.36. The summed E-state index contributed by atoms with van der Waals surface area (Å²) in [5, 5.41) is 11.6. The first-order chi connectivity index (χ1) is 10.5. The van der Waals surface area contributed by atoms with Gasteiger partial charge in [-0.2, -0.15) is 11.8 Å². The van der Waals surface area contributed by atoms with E-state index in [1.165, 1.54) is 6.07 Å². The second-order valence-corrected chi connectivity index (χ2v) is 8.01. The Morgan fingerprint density at radius 1 is 1.50 bits per heavy atom. The lowest BCUT2D eigenvalue weighted by Crippen LogP contribution is -2.36. The van der Waals surface area contributed by atoms with Crippen molar-refractivity contribution < 1.29 is 9.72 Å². The van der Waals surface area contributed by atoms with Crippen molar-refractivity contribution in [2.24, 2.45) is 0 Å². The first-order valence-electron chi connectivity index (χ1n) is 7.27. The Balaban J connectivity index is 2.15. The van der Waals surface area contributed by atoms with Crippen molar-refractivity contribution in [2.75, 3.05) is 12.8 Å². The largest absolute Gasteiger partial charge is 0.339 e. The molecule has 0 radical (unpaired) electrons. The maximum atomic E-state index is 12.7. The van der Waals surface area contributed by atoms with E-state index >= 15 is 0 Å². The highest BCUT2D eigenvalue weighted by Crippen LogP contribution is 2.33. The van der Waals surface area contributed by atoms with Crippen molar-refractivity contribution in [2.45, 2.75) is 37.5 Å². The van der Waals surface area contributed by atoms with Crippen molar-refractivity contribution in [1.82, 2.24) is 4.90 Å². The van der Waals surface area contributed by atoms with Crippen LogP contribution in [0.3, 0.4) is 0 Å². The van der Waals surface area contributed by atoms with E-state index in [1.54, 1.807) is 24.1 Å². The Bertz CT molecular complexity index is 582. The summed E-state index contributed by atoms with van der Waals surface area (Å²) in [6.45, 7) is 2.15. The molecule has 1 amide bonds. The minimum Gasteiger partial charge on any atom is -0.339 e. The maximum absolute atomic E-state index is 12.7. The van der Waals surface area contributed by atoms with Crippen LogP contribution in [-0.4, -0.2) is 39.8 Å². The summed E-state index contributed by atoms with van der Waals surface area (Å²) in [5.74, 6) is 0.970. The molecule has 2 atom stereocenters. The molecule has 1 aliphatic rings. The zero-order valence-corrected chi connectivity index (χ0v) is 15.6. The molecular weight excluding hydrogens is 415 g/mol. The van der Waals surface area contributed by atoms with Gasteiger partial charge in [-0.15, -0.1) is 0 Å². The number of halogens is 1. The van der Waals surface area contributed by atoms with Crippen LogP contribution in [0.4, 0.5) is 5.69 Å². The molecule has 0 saturated heterocycles. The molecule has 0 spiro atoms. The van der Waals surface area contributed by atoms with Gasteiger partial charge in [0, 0.05) is 24.4 Å². The van der Waals surface area contributed by atoms with Gasteiger partial charge < -0.3 is 4.90 Å². The van der Waals surface area contributed by atoms with Gasteiger partial charge in [0.05, 0.1) is 10.5 Å². The van der Waals surface area contributed by atoms with Crippen LogP contribution in [-0.2, 0) is 0 Å². The minimum absolute atomic E-state index is 0.00862. The fraction of sp³-hybridized carbons (Fsp3) is 0.533. The summed E-state index contributed by atoms with van der Waals surface area (Å²) < 4.78 is 0.416. The standard InChI is InChI=1S/C15H19IN2O3S/c1-3-22-11-8-7-10(9-11)17(2)15(19)12-5-4-6-13(14(12)16)18(20)21/h4-6,10-11H,3,7-9H2,1-2H3. The number of rotatable bonds is 5. The average molecular weight is 434 g/mol. The van der Waals surface area contributed by atoms with Gasteiger partial charge >= 0.3 is 0 Å². The molecular formula is C15H19IN2O3S. The van der Waals surface area contributed by atoms with Crippen LogP contribution < -0.4 is 0 Å². The van der Waals surface area contributed by atoms with E-state index in [-0.39, 0.29) is 17.6 Å². The molecule has 120 valence electrons. The molecule has 1 fully saturated rings. The predicted molar refractivity (Wildman–Crippen MR) is 97.5 cm³/mol. The lowest BCUT2D eigenvalue weighted by Gasteiger charge is -2.25. The molecule has 0 heterocycles. The third-order valence-corrected chi connectivity index (χ3v) is 6.40. The van der Waals surface area contributed by atoms with E-state index in [4.69, 9.17) is 0 Å². The number of hydrogen-bond acceptors (Lipinski definition) is 4.